The molecule has 108 valence electrons. The number of rotatable bonds is 5. The highest BCUT2D eigenvalue weighted by molar-refractivity contribution is 5.34. The Morgan fingerprint density at radius 3 is 2.89 bits per heavy atom. The van der Waals surface area contributed by atoms with Crippen molar-refractivity contribution in [3.63, 3.8) is 0 Å². The molecule has 1 aliphatic rings. The van der Waals surface area contributed by atoms with Crippen molar-refractivity contribution in [2.75, 3.05) is 13.2 Å². The lowest BCUT2D eigenvalue weighted by Crippen LogP contribution is -2.30. The Labute approximate surface area is 117 Å². The SMILES string of the molecule is CCOCCCn1c(C)cc2c1CC(C)(C)CC2N. The molecule has 0 saturated carbocycles. The fraction of sp³-hybridized carbons (Fsp3) is 0.750. The molecule has 1 aromatic heterocycles. The maximum atomic E-state index is 6.34. The van der Waals surface area contributed by atoms with Crippen LogP contribution in [-0.4, -0.2) is 17.8 Å². The van der Waals surface area contributed by atoms with Crippen molar-refractivity contribution in [2.24, 2.45) is 11.1 Å². The number of aromatic nitrogens is 1. The average molecular weight is 264 g/mol. The minimum atomic E-state index is 0.200. The molecule has 19 heavy (non-hydrogen) atoms. The second kappa shape index (κ2) is 5.68. The summed E-state index contributed by atoms with van der Waals surface area (Å²) in [6.07, 6.45) is 3.30. The van der Waals surface area contributed by atoms with Crippen LogP contribution in [0.25, 0.3) is 0 Å². The molecule has 3 heteroatoms. The van der Waals surface area contributed by atoms with Crippen LogP contribution in [0.1, 0.15) is 56.6 Å². The zero-order valence-electron chi connectivity index (χ0n) is 12.8. The van der Waals surface area contributed by atoms with Crippen LogP contribution in [-0.2, 0) is 17.7 Å². The van der Waals surface area contributed by atoms with Gasteiger partial charge in [-0.05, 0) is 50.2 Å². The van der Waals surface area contributed by atoms with E-state index in [1.807, 2.05) is 6.92 Å². The molecular weight excluding hydrogens is 236 g/mol. The molecule has 1 aromatic rings. The van der Waals surface area contributed by atoms with Crippen LogP contribution in [0.15, 0.2) is 6.07 Å². The van der Waals surface area contributed by atoms with E-state index in [2.05, 4.69) is 31.4 Å². The van der Waals surface area contributed by atoms with Crippen molar-refractivity contribution in [1.82, 2.24) is 4.57 Å². The minimum absolute atomic E-state index is 0.200. The van der Waals surface area contributed by atoms with Crippen molar-refractivity contribution in [3.8, 4) is 0 Å². The van der Waals surface area contributed by atoms with E-state index in [-0.39, 0.29) is 6.04 Å². The molecule has 2 N–H and O–H groups in total. The standard InChI is InChI=1S/C16H28N2O/c1-5-19-8-6-7-18-12(2)9-13-14(17)10-16(3,4)11-15(13)18/h9,14H,5-8,10-11,17H2,1-4H3. The van der Waals surface area contributed by atoms with E-state index in [9.17, 15) is 0 Å². The summed E-state index contributed by atoms with van der Waals surface area (Å²) in [5, 5.41) is 0. The van der Waals surface area contributed by atoms with E-state index in [1.54, 1.807) is 0 Å². The molecule has 0 bridgehead atoms. The Morgan fingerprint density at radius 2 is 2.21 bits per heavy atom. The molecule has 0 aliphatic heterocycles. The Kier molecular flexibility index (Phi) is 4.36. The predicted octanol–water partition coefficient (Wildman–Crippen LogP) is 3.20. The van der Waals surface area contributed by atoms with E-state index < -0.39 is 0 Å². The summed E-state index contributed by atoms with van der Waals surface area (Å²) >= 11 is 0. The molecular formula is C16H28N2O. The summed E-state index contributed by atoms with van der Waals surface area (Å²) in [4.78, 5) is 0. The molecule has 1 atom stereocenters. The largest absolute Gasteiger partial charge is 0.382 e. The first kappa shape index (κ1) is 14.6. The first-order chi connectivity index (χ1) is 8.94. The molecule has 0 spiro atoms. The predicted molar refractivity (Wildman–Crippen MR) is 79.3 cm³/mol. The van der Waals surface area contributed by atoms with Crippen molar-refractivity contribution in [2.45, 2.75) is 59.5 Å². The second-order valence-corrected chi connectivity index (χ2v) is 6.54. The van der Waals surface area contributed by atoms with Crippen LogP contribution in [0.3, 0.4) is 0 Å². The highest BCUT2D eigenvalue weighted by atomic mass is 16.5. The van der Waals surface area contributed by atoms with Gasteiger partial charge in [0.15, 0.2) is 0 Å². The number of fused-ring (bicyclic) bond motifs is 1. The molecule has 1 heterocycles. The zero-order valence-corrected chi connectivity index (χ0v) is 12.8. The summed E-state index contributed by atoms with van der Waals surface area (Å²) in [5.74, 6) is 0. The number of nitrogens with two attached hydrogens (primary N) is 1. The third kappa shape index (κ3) is 3.21. The maximum absolute atomic E-state index is 6.34. The van der Waals surface area contributed by atoms with Gasteiger partial charge >= 0.3 is 0 Å². The van der Waals surface area contributed by atoms with E-state index in [4.69, 9.17) is 10.5 Å². The normalized spacial score (nSPS) is 21.4. The lowest BCUT2D eigenvalue weighted by atomic mass is 9.74. The molecule has 1 unspecified atom stereocenters. The highest BCUT2D eigenvalue weighted by Crippen LogP contribution is 2.40. The van der Waals surface area contributed by atoms with Crippen molar-refractivity contribution >= 4 is 0 Å². The summed E-state index contributed by atoms with van der Waals surface area (Å²) < 4.78 is 7.89. The van der Waals surface area contributed by atoms with E-state index >= 15 is 0 Å². The molecule has 3 nitrogen and oxygen atoms in total. The minimum Gasteiger partial charge on any atom is -0.382 e. The third-order valence-electron chi connectivity index (χ3n) is 4.14. The molecule has 1 aliphatic carbocycles. The Hall–Kier alpha value is -0.800. The number of hydrogen-bond acceptors (Lipinski definition) is 2. The summed E-state index contributed by atoms with van der Waals surface area (Å²) in [6.45, 7) is 11.6. The smallest absolute Gasteiger partial charge is 0.0482 e. The van der Waals surface area contributed by atoms with Gasteiger partial charge in [-0.1, -0.05) is 13.8 Å². The van der Waals surface area contributed by atoms with Crippen LogP contribution in [0.5, 0.6) is 0 Å². The maximum Gasteiger partial charge on any atom is 0.0482 e. The summed E-state index contributed by atoms with van der Waals surface area (Å²) in [7, 11) is 0. The highest BCUT2D eigenvalue weighted by Gasteiger charge is 2.33. The van der Waals surface area contributed by atoms with Crippen LogP contribution in [0.2, 0.25) is 0 Å². The van der Waals surface area contributed by atoms with Crippen LogP contribution in [0.4, 0.5) is 0 Å². The average Bonchev–Trinajstić information content (AvgIpc) is 2.61. The summed E-state index contributed by atoms with van der Waals surface area (Å²) in [6, 6.07) is 2.49. The van der Waals surface area contributed by atoms with Gasteiger partial charge in [-0.3, -0.25) is 0 Å². The quantitative estimate of drug-likeness (QED) is 0.830. The number of hydrogen-bond donors (Lipinski definition) is 1. The zero-order chi connectivity index (χ0) is 14.0. The summed E-state index contributed by atoms with van der Waals surface area (Å²) in [5.41, 5.74) is 10.8. The second-order valence-electron chi connectivity index (χ2n) is 6.54. The van der Waals surface area contributed by atoms with Crippen molar-refractivity contribution in [1.29, 1.82) is 0 Å². The van der Waals surface area contributed by atoms with E-state index in [0.29, 0.717) is 5.41 Å². The van der Waals surface area contributed by atoms with Crippen LogP contribution < -0.4 is 5.73 Å². The fourth-order valence-corrected chi connectivity index (χ4v) is 3.28. The first-order valence-corrected chi connectivity index (χ1v) is 7.47. The first-order valence-electron chi connectivity index (χ1n) is 7.47. The fourth-order valence-electron chi connectivity index (χ4n) is 3.28. The van der Waals surface area contributed by atoms with Crippen LogP contribution >= 0.6 is 0 Å². The Bertz CT molecular complexity index is 434. The monoisotopic (exact) mass is 264 g/mol. The lowest BCUT2D eigenvalue weighted by Gasteiger charge is -2.34. The van der Waals surface area contributed by atoms with Gasteiger partial charge in [0.05, 0.1) is 0 Å². The van der Waals surface area contributed by atoms with Crippen LogP contribution in [0, 0.1) is 12.3 Å². The van der Waals surface area contributed by atoms with Gasteiger partial charge in [0, 0.05) is 37.2 Å². The number of ether oxygens (including phenoxy) is 1. The number of nitrogens with zero attached hydrogens (tertiary/aromatic N) is 1. The van der Waals surface area contributed by atoms with Gasteiger partial charge < -0.3 is 15.0 Å². The number of aryl methyl sites for hydroxylation is 1. The topological polar surface area (TPSA) is 40.2 Å². The van der Waals surface area contributed by atoms with Gasteiger partial charge in [-0.15, -0.1) is 0 Å². The van der Waals surface area contributed by atoms with Gasteiger partial charge in [-0.25, -0.2) is 0 Å². The Morgan fingerprint density at radius 1 is 1.47 bits per heavy atom. The van der Waals surface area contributed by atoms with Gasteiger partial charge in [0.2, 0.25) is 0 Å². The third-order valence-corrected chi connectivity index (χ3v) is 4.14. The molecule has 2 rings (SSSR count). The lowest BCUT2D eigenvalue weighted by molar-refractivity contribution is 0.141. The molecule has 0 amide bonds. The molecule has 0 radical (unpaired) electrons. The molecule has 0 fully saturated rings. The van der Waals surface area contributed by atoms with Gasteiger partial charge in [0.1, 0.15) is 0 Å². The van der Waals surface area contributed by atoms with Gasteiger partial charge in [-0.2, -0.15) is 0 Å². The molecule has 0 aromatic carbocycles. The van der Waals surface area contributed by atoms with Crippen molar-refractivity contribution in [3.05, 3.63) is 23.0 Å². The van der Waals surface area contributed by atoms with Gasteiger partial charge in [0.25, 0.3) is 0 Å². The van der Waals surface area contributed by atoms with E-state index in [1.165, 1.54) is 17.0 Å². The molecule has 0 saturated heterocycles. The Balaban J connectivity index is 2.16. The van der Waals surface area contributed by atoms with Crippen molar-refractivity contribution < 1.29 is 4.74 Å². The van der Waals surface area contributed by atoms with E-state index in [0.717, 1.165) is 39.0 Å².